The molecule has 0 bridgehead atoms. The van der Waals surface area contributed by atoms with E-state index in [4.69, 9.17) is 0 Å². The number of rotatable bonds is 6. The maximum atomic E-state index is 11.6. The zero-order valence-corrected chi connectivity index (χ0v) is 12.8. The fourth-order valence-corrected chi connectivity index (χ4v) is 3.01. The molecule has 0 aromatic carbocycles. The van der Waals surface area contributed by atoms with Crippen molar-refractivity contribution in [1.82, 2.24) is 10.6 Å². The molecule has 1 atom stereocenters. The van der Waals surface area contributed by atoms with Gasteiger partial charge in [-0.05, 0) is 28.1 Å². The number of quaternary nitrogens is 1. The van der Waals surface area contributed by atoms with Crippen molar-refractivity contribution >= 4 is 39.1 Å². The van der Waals surface area contributed by atoms with Crippen LogP contribution in [0.2, 0.25) is 0 Å². The fraction of sp³-hybridized carbons (Fsp3) is 0.455. The number of carbonyl (C=O) groups is 2. The molecule has 1 unspecified atom stereocenters. The van der Waals surface area contributed by atoms with Crippen LogP contribution in [0.15, 0.2) is 15.9 Å². The van der Waals surface area contributed by atoms with Crippen LogP contribution < -0.4 is 15.5 Å². The lowest BCUT2D eigenvalue weighted by Crippen LogP contribution is -3.08. The van der Waals surface area contributed by atoms with Crippen LogP contribution in [0.5, 0.6) is 0 Å². The van der Waals surface area contributed by atoms with Crippen molar-refractivity contribution in [3.63, 3.8) is 0 Å². The van der Waals surface area contributed by atoms with Gasteiger partial charge in [-0.3, -0.25) is 9.59 Å². The summed E-state index contributed by atoms with van der Waals surface area (Å²) in [4.78, 5) is 24.8. The van der Waals surface area contributed by atoms with Crippen molar-refractivity contribution in [2.45, 2.75) is 6.54 Å². The van der Waals surface area contributed by atoms with Gasteiger partial charge in [-0.15, -0.1) is 11.3 Å². The first-order valence-corrected chi connectivity index (χ1v) is 7.15. The van der Waals surface area contributed by atoms with Crippen LogP contribution >= 0.6 is 27.3 Å². The van der Waals surface area contributed by atoms with Gasteiger partial charge in [0.2, 0.25) is 5.91 Å². The molecule has 0 saturated carbocycles. The average molecular weight is 335 g/mol. The summed E-state index contributed by atoms with van der Waals surface area (Å²) in [5.74, 6) is -0.310. The Morgan fingerprint density at radius 3 is 2.67 bits per heavy atom. The van der Waals surface area contributed by atoms with Crippen LogP contribution in [0.3, 0.4) is 0 Å². The van der Waals surface area contributed by atoms with E-state index in [0.717, 1.165) is 15.2 Å². The predicted octanol–water partition coefficient (Wildman–Crippen LogP) is -0.612. The van der Waals surface area contributed by atoms with Gasteiger partial charge in [-0.1, -0.05) is 0 Å². The highest BCUT2D eigenvalue weighted by Gasteiger charge is 2.12. The van der Waals surface area contributed by atoms with Gasteiger partial charge in [-0.25, -0.2) is 0 Å². The van der Waals surface area contributed by atoms with E-state index in [1.54, 1.807) is 18.4 Å². The molecule has 1 rings (SSSR count). The largest absolute Gasteiger partial charge is 0.358 e. The first-order chi connectivity index (χ1) is 8.51. The first kappa shape index (κ1) is 15.1. The third-order valence-corrected chi connectivity index (χ3v) is 3.92. The van der Waals surface area contributed by atoms with Crippen molar-refractivity contribution in [2.75, 3.05) is 27.2 Å². The van der Waals surface area contributed by atoms with E-state index in [0.29, 0.717) is 6.54 Å². The Kier molecular flexibility index (Phi) is 6.31. The molecule has 1 aromatic heterocycles. The molecule has 1 aromatic rings. The summed E-state index contributed by atoms with van der Waals surface area (Å²) < 4.78 is 1.09. The minimum absolute atomic E-state index is 0.0349. The van der Waals surface area contributed by atoms with E-state index in [1.165, 1.54) is 4.88 Å². The second kappa shape index (κ2) is 7.50. The molecular formula is C11H17BrN3O2S+. The number of thiophene rings is 1. The maximum Gasteiger partial charge on any atom is 0.275 e. The summed E-state index contributed by atoms with van der Waals surface area (Å²) in [6.45, 7) is 1.18. The number of nitrogens with one attached hydrogen (secondary N) is 3. The first-order valence-electron chi connectivity index (χ1n) is 5.54. The van der Waals surface area contributed by atoms with Crippen molar-refractivity contribution < 1.29 is 14.5 Å². The monoisotopic (exact) mass is 334 g/mol. The topological polar surface area (TPSA) is 62.6 Å². The molecule has 3 N–H and O–H groups in total. The van der Waals surface area contributed by atoms with Crippen LogP contribution in [0.25, 0.3) is 0 Å². The number of likely N-dealkylation sites (N-methyl/N-ethyl adjacent to an activating group) is 2. The maximum absolute atomic E-state index is 11.6. The Morgan fingerprint density at radius 1 is 1.39 bits per heavy atom. The van der Waals surface area contributed by atoms with Gasteiger partial charge in [0.05, 0.1) is 22.3 Å². The molecule has 2 amide bonds. The summed E-state index contributed by atoms with van der Waals surface area (Å²) in [6.07, 6.45) is 0. The van der Waals surface area contributed by atoms with Crippen molar-refractivity contribution in [3.8, 4) is 0 Å². The van der Waals surface area contributed by atoms with Gasteiger partial charge in [0.25, 0.3) is 5.91 Å². The van der Waals surface area contributed by atoms with Gasteiger partial charge in [0.15, 0.2) is 6.54 Å². The molecule has 18 heavy (non-hydrogen) atoms. The van der Waals surface area contributed by atoms with Crippen LogP contribution in [-0.4, -0.2) is 39.0 Å². The van der Waals surface area contributed by atoms with E-state index in [9.17, 15) is 9.59 Å². The van der Waals surface area contributed by atoms with Gasteiger partial charge in [0.1, 0.15) is 6.54 Å². The van der Waals surface area contributed by atoms with Crippen LogP contribution in [-0.2, 0) is 16.1 Å². The molecule has 100 valence electrons. The molecule has 0 spiro atoms. The Labute approximate surface area is 119 Å². The molecule has 0 aliphatic rings. The van der Waals surface area contributed by atoms with Crippen LogP contribution in [0.4, 0.5) is 0 Å². The molecule has 0 fully saturated rings. The summed E-state index contributed by atoms with van der Waals surface area (Å²) in [7, 11) is 3.49. The zero-order valence-electron chi connectivity index (χ0n) is 10.4. The Balaban J connectivity index is 2.29. The highest BCUT2D eigenvalue weighted by Crippen LogP contribution is 2.20. The standard InChI is InChI=1S/C11H16BrN3O2S/c1-13-10(16)5-14-11(17)7-15(2)6-8-3-4-9(12)18-8/h3-4H,5-7H2,1-2H3,(H,13,16)(H,14,17)/p+1. The molecule has 0 aliphatic heterocycles. The number of carbonyl (C=O) groups excluding carboxylic acids is 2. The van der Waals surface area contributed by atoms with Crippen molar-refractivity contribution in [3.05, 3.63) is 20.8 Å². The number of halogens is 1. The Bertz CT molecular complexity index is 422. The predicted molar refractivity (Wildman–Crippen MR) is 74.6 cm³/mol. The highest BCUT2D eigenvalue weighted by molar-refractivity contribution is 9.11. The third kappa shape index (κ3) is 5.61. The van der Waals surface area contributed by atoms with E-state index >= 15 is 0 Å². The summed E-state index contributed by atoms with van der Waals surface area (Å²) in [5, 5.41) is 5.03. The lowest BCUT2D eigenvalue weighted by Gasteiger charge is -2.12. The summed E-state index contributed by atoms with van der Waals surface area (Å²) in [6, 6.07) is 4.04. The molecule has 7 heteroatoms. The number of hydrogen-bond acceptors (Lipinski definition) is 3. The van der Waals surface area contributed by atoms with Crippen molar-refractivity contribution in [1.29, 1.82) is 0 Å². The smallest absolute Gasteiger partial charge is 0.275 e. The summed E-state index contributed by atoms with van der Waals surface area (Å²) in [5.41, 5.74) is 0. The van der Waals surface area contributed by atoms with E-state index in [2.05, 4.69) is 26.6 Å². The second-order valence-corrected chi connectivity index (χ2v) is 6.51. The fourth-order valence-electron chi connectivity index (χ4n) is 1.41. The van der Waals surface area contributed by atoms with Gasteiger partial charge in [-0.2, -0.15) is 0 Å². The lowest BCUT2D eigenvalue weighted by molar-refractivity contribution is -0.885. The molecule has 5 nitrogen and oxygen atoms in total. The quantitative estimate of drug-likeness (QED) is 0.649. The lowest BCUT2D eigenvalue weighted by atomic mass is 10.4. The van der Waals surface area contributed by atoms with Crippen LogP contribution in [0, 0.1) is 0 Å². The Hall–Kier alpha value is -0.920. The molecule has 0 radical (unpaired) electrons. The second-order valence-electron chi connectivity index (χ2n) is 3.97. The average Bonchev–Trinajstić information content (AvgIpc) is 2.71. The highest BCUT2D eigenvalue weighted by atomic mass is 79.9. The molecule has 0 saturated heterocycles. The minimum atomic E-state index is -0.191. The normalized spacial score (nSPS) is 11.9. The van der Waals surface area contributed by atoms with Crippen molar-refractivity contribution in [2.24, 2.45) is 0 Å². The number of hydrogen-bond donors (Lipinski definition) is 3. The van der Waals surface area contributed by atoms with E-state index in [1.807, 2.05) is 19.2 Å². The molecule has 1 heterocycles. The Morgan fingerprint density at radius 2 is 2.11 bits per heavy atom. The van der Waals surface area contributed by atoms with Gasteiger partial charge in [0, 0.05) is 7.05 Å². The van der Waals surface area contributed by atoms with E-state index < -0.39 is 0 Å². The molecule has 0 aliphatic carbocycles. The van der Waals surface area contributed by atoms with Crippen LogP contribution in [0.1, 0.15) is 4.88 Å². The van der Waals surface area contributed by atoms with E-state index in [-0.39, 0.29) is 18.4 Å². The summed E-state index contributed by atoms with van der Waals surface area (Å²) >= 11 is 5.07. The van der Waals surface area contributed by atoms with Gasteiger partial charge < -0.3 is 15.5 Å². The third-order valence-electron chi connectivity index (χ3n) is 2.29. The zero-order chi connectivity index (χ0) is 13.5. The minimum Gasteiger partial charge on any atom is -0.358 e. The number of amides is 2. The SMILES string of the molecule is CNC(=O)CNC(=O)C[NH+](C)Cc1ccc(Br)s1. The van der Waals surface area contributed by atoms with Gasteiger partial charge >= 0.3 is 0 Å². The molecular weight excluding hydrogens is 318 g/mol.